The number of hydrogen-bond acceptors (Lipinski definition) is 12. The molecule has 0 saturated carbocycles. The Balaban J connectivity index is 1.16. The van der Waals surface area contributed by atoms with Crippen molar-refractivity contribution in [3.05, 3.63) is 86.1 Å². The van der Waals surface area contributed by atoms with E-state index in [2.05, 4.69) is 30.0 Å². The SMILES string of the molecule is Cc1cn([C@H]2C[C@H](N=[N+]=[N-])[C@@H](COC(=O)CCCCCC(=O)OC[C@H]3O[C@@H](n4cc(C)c(=O)[nH]c4=O)C[C@@H]3N=[N+]=[N-])O2)c(=O)[nH]c1=O. The van der Waals surface area contributed by atoms with E-state index in [1.807, 2.05) is 0 Å². The van der Waals surface area contributed by atoms with Gasteiger partial charge in [-0.2, -0.15) is 0 Å². The number of nitrogens with zero attached hydrogens (tertiary/aromatic N) is 8. The monoisotopic (exact) mass is 658 g/mol. The minimum absolute atomic E-state index is 0.0602. The fourth-order valence-electron chi connectivity index (χ4n) is 5.26. The number of H-pyrrole nitrogens is 2. The molecule has 0 spiro atoms. The highest BCUT2D eigenvalue weighted by atomic mass is 16.6. The molecule has 252 valence electrons. The van der Waals surface area contributed by atoms with Gasteiger partial charge in [-0.25, -0.2) is 9.59 Å². The lowest BCUT2D eigenvalue weighted by molar-refractivity contribution is -0.149. The Bertz CT molecular complexity index is 1670. The van der Waals surface area contributed by atoms with Gasteiger partial charge in [-0.1, -0.05) is 16.6 Å². The second-order valence-electron chi connectivity index (χ2n) is 11.2. The van der Waals surface area contributed by atoms with Crippen molar-refractivity contribution < 1.29 is 28.5 Å². The number of aromatic nitrogens is 4. The van der Waals surface area contributed by atoms with Gasteiger partial charge >= 0.3 is 23.3 Å². The number of ether oxygens (including phenoxy) is 4. The Hall–Kier alpha value is -5.16. The van der Waals surface area contributed by atoms with Gasteiger partial charge in [0.15, 0.2) is 0 Å². The first-order valence-electron chi connectivity index (χ1n) is 14.9. The van der Waals surface area contributed by atoms with Crippen molar-refractivity contribution in [1.29, 1.82) is 0 Å². The molecule has 2 aliphatic rings. The highest BCUT2D eigenvalue weighted by molar-refractivity contribution is 5.70. The van der Waals surface area contributed by atoms with Crippen molar-refractivity contribution in [3.8, 4) is 0 Å². The summed E-state index contributed by atoms with van der Waals surface area (Å²) in [7, 11) is 0. The fraction of sp³-hybridized carbons (Fsp3) is 0.630. The van der Waals surface area contributed by atoms with Crippen LogP contribution in [0, 0.1) is 13.8 Å². The number of aromatic amines is 2. The number of rotatable bonds is 14. The molecule has 0 unspecified atom stereocenters. The van der Waals surface area contributed by atoms with Crippen molar-refractivity contribution in [2.24, 2.45) is 10.2 Å². The van der Waals surface area contributed by atoms with Gasteiger partial charge in [0.2, 0.25) is 0 Å². The highest BCUT2D eigenvalue weighted by Crippen LogP contribution is 2.31. The molecule has 20 nitrogen and oxygen atoms in total. The summed E-state index contributed by atoms with van der Waals surface area (Å²) < 4.78 is 24.6. The van der Waals surface area contributed by atoms with Crippen LogP contribution in [0.25, 0.3) is 20.9 Å². The maximum atomic E-state index is 12.3. The molecule has 2 aliphatic heterocycles. The van der Waals surface area contributed by atoms with Crippen LogP contribution in [0.4, 0.5) is 0 Å². The molecule has 20 heteroatoms. The van der Waals surface area contributed by atoms with E-state index in [1.54, 1.807) is 0 Å². The molecule has 0 aromatic carbocycles. The zero-order valence-corrected chi connectivity index (χ0v) is 25.6. The minimum atomic E-state index is -0.826. The zero-order valence-electron chi connectivity index (χ0n) is 25.6. The van der Waals surface area contributed by atoms with E-state index in [-0.39, 0.29) is 38.9 Å². The number of nitrogens with one attached hydrogen (secondary N) is 2. The molecule has 0 radical (unpaired) electrons. The third kappa shape index (κ3) is 8.98. The van der Waals surface area contributed by atoms with E-state index in [4.69, 9.17) is 30.0 Å². The molecule has 4 rings (SSSR count). The van der Waals surface area contributed by atoms with Crippen LogP contribution in [0.15, 0.2) is 41.8 Å². The van der Waals surface area contributed by atoms with Gasteiger partial charge in [0.1, 0.15) is 37.9 Å². The number of hydrogen-bond donors (Lipinski definition) is 2. The maximum Gasteiger partial charge on any atom is 0.330 e. The standard InChI is InChI=1S/C27H34N10O10/c1-14-10-36(26(42)30-24(14)40)20-8-16(32-34-28)18(46-20)12-44-22(38)6-4-3-5-7-23(39)45-13-19-17(33-35-29)9-21(47-19)37-11-15(2)25(41)31-27(37)43/h10-11,16-21H,3-9,12-13H2,1-2H3,(H,30,40,42)(H,31,41,43)/t16-,17-,18+,19+,20+,21+/m0/s1. The summed E-state index contributed by atoms with van der Waals surface area (Å²) in [5.74, 6) is -1.05. The van der Waals surface area contributed by atoms with E-state index in [9.17, 15) is 28.8 Å². The Kier molecular flexibility index (Phi) is 11.7. The van der Waals surface area contributed by atoms with Crippen LogP contribution in [-0.2, 0) is 28.5 Å². The second kappa shape index (κ2) is 15.9. The van der Waals surface area contributed by atoms with Crippen LogP contribution < -0.4 is 22.5 Å². The van der Waals surface area contributed by atoms with Crippen molar-refractivity contribution in [2.45, 2.75) is 95.5 Å². The van der Waals surface area contributed by atoms with Gasteiger partial charge in [0.25, 0.3) is 11.1 Å². The smallest absolute Gasteiger partial charge is 0.330 e. The normalized spacial score (nSPS) is 23.4. The van der Waals surface area contributed by atoms with E-state index in [0.29, 0.717) is 30.4 Å². The van der Waals surface area contributed by atoms with Gasteiger partial charge in [-0.05, 0) is 37.8 Å². The quantitative estimate of drug-likeness (QED) is 0.0973. The Morgan fingerprint density at radius 2 is 1.19 bits per heavy atom. The van der Waals surface area contributed by atoms with Crippen molar-refractivity contribution in [2.75, 3.05) is 13.2 Å². The first kappa shape index (κ1) is 34.7. The zero-order chi connectivity index (χ0) is 34.1. The largest absolute Gasteiger partial charge is 0.463 e. The van der Waals surface area contributed by atoms with Gasteiger partial charge in [-0.3, -0.25) is 38.3 Å². The highest BCUT2D eigenvalue weighted by Gasteiger charge is 2.38. The average Bonchev–Trinajstić information content (AvgIpc) is 3.62. The number of unbranched alkanes of at least 4 members (excludes halogenated alkanes) is 2. The second-order valence-corrected chi connectivity index (χ2v) is 11.2. The number of carbonyl (C=O) groups is 2. The molecule has 47 heavy (non-hydrogen) atoms. The number of aryl methyl sites for hydroxylation is 2. The third-order valence-electron chi connectivity index (χ3n) is 7.80. The van der Waals surface area contributed by atoms with Crippen molar-refractivity contribution in [3.63, 3.8) is 0 Å². The predicted molar refractivity (Wildman–Crippen MR) is 160 cm³/mol. The van der Waals surface area contributed by atoms with E-state index >= 15 is 0 Å². The molecule has 4 heterocycles. The molecule has 2 saturated heterocycles. The number of esters is 2. The van der Waals surface area contributed by atoms with Gasteiger partial charge in [0, 0.05) is 59.0 Å². The molecule has 6 atom stereocenters. The van der Waals surface area contributed by atoms with Crippen LogP contribution in [-0.4, -0.2) is 68.5 Å². The van der Waals surface area contributed by atoms with Crippen LogP contribution in [0.2, 0.25) is 0 Å². The summed E-state index contributed by atoms with van der Waals surface area (Å²) in [6.45, 7) is 2.65. The Morgan fingerprint density at radius 1 is 0.787 bits per heavy atom. The van der Waals surface area contributed by atoms with Crippen LogP contribution >= 0.6 is 0 Å². The van der Waals surface area contributed by atoms with Gasteiger partial charge < -0.3 is 18.9 Å². The molecular weight excluding hydrogens is 624 g/mol. The molecule has 0 bridgehead atoms. The Labute approximate surface area is 264 Å². The number of azide groups is 2. The molecule has 0 amide bonds. The summed E-state index contributed by atoms with van der Waals surface area (Å²) in [5, 5.41) is 7.38. The summed E-state index contributed by atoms with van der Waals surface area (Å²) in [6.07, 6.45) is 1.21. The molecule has 2 N–H and O–H groups in total. The first-order valence-corrected chi connectivity index (χ1v) is 14.9. The third-order valence-corrected chi connectivity index (χ3v) is 7.80. The minimum Gasteiger partial charge on any atom is -0.463 e. The molecule has 2 aromatic rings. The first-order chi connectivity index (χ1) is 22.5. The van der Waals surface area contributed by atoms with Gasteiger partial charge in [-0.15, -0.1) is 0 Å². The predicted octanol–water partition coefficient (Wildman–Crippen LogP) is 1.67. The van der Waals surface area contributed by atoms with E-state index in [1.165, 1.54) is 35.4 Å². The van der Waals surface area contributed by atoms with Crippen LogP contribution in [0.5, 0.6) is 0 Å². The van der Waals surface area contributed by atoms with Crippen molar-refractivity contribution in [1.82, 2.24) is 19.1 Å². The van der Waals surface area contributed by atoms with E-state index in [0.717, 1.165) is 0 Å². The summed E-state index contributed by atoms with van der Waals surface area (Å²) in [5.41, 5.74) is 16.0. The lowest BCUT2D eigenvalue weighted by atomic mass is 10.1. The molecular formula is C27H34N10O10. The maximum absolute atomic E-state index is 12.3. The van der Waals surface area contributed by atoms with E-state index < -0.39 is 71.2 Å². The van der Waals surface area contributed by atoms with Crippen LogP contribution in [0.1, 0.15) is 68.5 Å². The molecule has 2 fully saturated rings. The average molecular weight is 659 g/mol. The lowest BCUT2D eigenvalue weighted by Gasteiger charge is -2.17. The summed E-state index contributed by atoms with van der Waals surface area (Å²) in [6, 6.07) is -1.41. The summed E-state index contributed by atoms with van der Waals surface area (Å²) in [4.78, 5) is 82.4. The fourth-order valence-corrected chi connectivity index (χ4v) is 5.26. The molecule has 2 aromatic heterocycles. The molecule has 0 aliphatic carbocycles. The topological polar surface area (TPSA) is 278 Å². The Morgan fingerprint density at radius 3 is 1.57 bits per heavy atom. The number of carbonyl (C=O) groups excluding carboxylic acids is 2. The lowest BCUT2D eigenvalue weighted by Crippen LogP contribution is -2.33. The summed E-state index contributed by atoms with van der Waals surface area (Å²) >= 11 is 0. The van der Waals surface area contributed by atoms with Crippen molar-refractivity contribution >= 4 is 11.9 Å². The van der Waals surface area contributed by atoms with Crippen LogP contribution in [0.3, 0.4) is 0 Å². The van der Waals surface area contributed by atoms with Gasteiger partial charge in [0.05, 0.1) is 12.1 Å².